The Balaban J connectivity index is 0.000000771. The van der Waals surface area contributed by atoms with Crippen molar-refractivity contribution in [2.75, 3.05) is 6.26 Å². The third-order valence-electron chi connectivity index (χ3n) is 2.21. The van der Waals surface area contributed by atoms with Gasteiger partial charge in [0.15, 0.2) is 0 Å². The number of nitrogens with two attached hydrogens (primary N) is 1. The zero-order chi connectivity index (χ0) is 13.4. The number of rotatable bonds is 4. The molecule has 0 aliphatic heterocycles. The van der Waals surface area contributed by atoms with Gasteiger partial charge in [-0.1, -0.05) is 55.9 Å². The van der Waals surface area contributed by atoms with Gasteiger partial charge in [-0.05, 0) is 18.2 Å². The van der Waals surface area contributed by atoms with Gasteiger partial charge >= 0.3 is 0 Å². The van der Waals surface area contributed by atoms with Gasteiger partial charge in [0, 0.05) is 0 Å². The van der Waals surface area contributed by atoms with Crippen molar-refractivity contribution in [1.29, 1.82) is 0 Å². The Hall–Kier alpha value is -1.33. The zero-order valence-corrected chi connectivity index (χ0v) is 11.8. The van der Waals surface area contributed by atoms with E-state index in [0.29, 0.717) is 17.5 Å². The van der Waals surface area contributed by atoms with Crippen LogP contribution < -0.4 is 5.73 Å². The van der Waals surface area contributed by atoms with Gasteiger partial charge in [0.1, 0.15) is 0 Å². The van der Waals surface area contributed by atoms with Crippen LogP contribution in [0.1, 0.15) is 31.3 Å². The van der Waals surface area contributed by atoms with Crippen LogP contribution in [0, 0.1) is 0 Å². The lowest BCUT2D eigenvalue weighted by Gasteiger charge is -2.06. The average molecular weight is 265 g/mol. The summed E-state index contributed by atoms with van der Waals surface area (Å²) in [5.74, 6) is 0.494. The highest BCUT2D eigenvalue weighted by Crippen LogP contribution is 2.18. The predicted octanol–water partition coefficient (Wildman–Crippen LogP) is 3.06. The minimum atomic E-state index is -0.240. The maximum atomic E-state index is 5.99. The van der Waals surface area contributed by atoms with E-state index in [1.165, 1.54) is 17.3 Å². The van der Waals surface area contributed by atoms with Crippen molar-refractivity contribution in [2.24, 2.45) is 5.73 Å². The fraction of sp³-hybridized carbons (Fsp3) is 0.385. The Morgan fingerprint density at radius 1 is 1.22 bits per heavy atom. The molecule has 1 aromatic heterocycles. The molecule has 5 heteroatoms. The van der Waals surface area contributed by atoms with E-state index in [1.54, 1.807) is 0 Å². The normalized spacial score (nSPS) is 11.6. The van der Waals surface area contributed by atoms with E-state index in [0.717, 1.165) is 0 Å². The van der Waals surface area contributed by atoms with E-state index in [2.05, 4.69) is 10.2 Å². The topological polar surface area (TPSA) is 64.9 Å². The average Bonchev–Trinajstić information content (AvgIpc) is 2.91. The van der Waals surface area contributed by atoms with Gasteiger partial charge in [-0.3, -0.25) is 0 Å². The minimum absolute atomic E-state index is 0.240. The summed E-state index contributed by atoms with van der Waals surface area (Å²) >= 11 is 1.42. The lowest BCUT2D eigenvalue weighted by atomic mass is 10.1. The molecule has 0 aliphatic rings. The fourth-order valence-electron chi connectivity index (χ4n) is 1.41. The van der Waals surface area contributed by atoms with Crippen molar-refractivity contribution >= 4 is 11.8 Å². The van der Waals surface area contributed by atoms with Crippen molar-refractivity contribution in [1.82, 2.24) is 10.2 Å². The summed E-state index contributed by atoms with van der Waals surface area (Å²) in [7, 11) is 0. The van der Waals surface area contributed by atoms with E-state index >= 15 is 0 Å². The molecule has 0 saturated heterocycles. The fourth-order valence-corrected chi connectivity index (χ4v) is 1.70. The molecular formula is C13H19N3OS. The monoisotopic (exact) mass is 265 g/mol. The molecule has 0 bridgehead atoms. The Labute approximate surface area is 112 Å². The Kier molecular flexibility index (Phi) is 6.46. The summed E-state index contributed by atoms with van der Waals surface area (Å²) < 4.78 is 5.38. The minimum Gasteiger partial charge on any atom is -0.414 e. The molecule has 0 spiro atoms. The predicted molar refractivity (Wildman–Crippen MR) is 74.5 cm³/mol. The van der Waals surface area contributed by atoms with Crippen LogP contribution in [-0.2, 0) is 6.42 Å². The lowest BCUT2D eigenvalue weighted by molar-refractivity contribution is 0.385. The highest BCUT2D eigenvalue weighted by atomic mass is 32.2. The second-order valence-electron chi connectivity index (χ2n) is 3.41. The van der Waals surface area contributed by atoms with E-state index in [9.17, 15) is 0 Å². The first-order valence-electron chi connectivity index (χ1n) is 5.96. The molecule has 2 N–H and O–H groups in total. The van der Waals surface area contributed by atoms with Gasteiger partial charge in [0.25, 0.3) is 5.22 Å². The van der Waals surface area contributed by atoms with Crippen LogP contribution in [0.4, 0.5) is 0 Å². The smallest absolute Gasteiger partial charge is 0.276 e. The van der Waals surface area contributed by atoms with Gasteiger partial charge in [-0.25, -0.2) is 0 Å². The maximum absolute atomic E-state index is 5.99. The number of hydrogen-bond donors (Lipinski definition) is 1. The number of nitrogens with zero attached hydrogens (tertiary/aromatic N) is 2. The van der Waals surface area contributed by atoms with Crippen LogP contribution in [-0.4, -0.2) is 16.5 Å². The molecule has 0 radical (unpaired) electrons. The zero-order valence-electron chi connectivity index (χ0n) is 11.0. The molecule has 0 fully saturated rings. The first-order chi connectivity index (χ1) is 8.79. The van der Waals surface area contributed by atoms with Crippen LogP contribution in [0.25, 0.3) is 0 Å². The first-order valence-corrected chi connectivity index (χ1v) is 7.19. The Bertz CT molecular complexity index is 445. The quantitative estimate of drug-likeness (QED) is 0.861. The molecular weight excluding hydrogens is 246 g/mol. The van der Waals surface area contributed by atoms with Crippen molar-refractivity contribution in [3.05, 3.63) is 41.8 Å². The summed E-state index contributed by atoms with van der Waals surface area (Å²) in [4.78, 5) is 0. The number of aromatic nitrogens is 2. The van der Waals surface area contributed by atoms with Crippen molar-refractivity contribution in [3.8, 4) is 0 Å². The number of benzene rings is 1. The van der Waals surface area contributed by atoms with Crippen molar-refractivity contribution in [2.45, 2.75) is 31.5 Å². The van der Waals surface area contributed by atoms with E-state index in [-0.39, 0.29) is 6.04 Å². The SMILES string of the molecule is CC.CSc1nnc(C(N)Cc2ccccc2)o1. The first kappa shape index (κ1) is 14.7. The Morgan fingerprint density at radius 3 is 2.44 bits per heavy atom. The van der Waals surface area contributed by atoms with Crippen LogP contribution in [0.15, 0.2) is 40.0 Å². The van der Waals surface area contributed by atoms with Gasteiger partial charge in [0.05, 0.1) is 6.04 Å². The number of hydrogen-bond acceptors (Lipinski definition) is 5. The summed E-state index contributed by atoms with van der Waals surface area (Å²) in [5.41, 5.74) is 7.16. The maximum Gasteiger partial charge on any atom is 0.276 e. The molecule has 18 heavy (non-hydrogen) atoms. The molecule has 4 nitrogen and oxygen atoms in total. The van der Waals surface area contributed by atoms with E-state index in [4.69, 9.17) is 10.2 Å². The van der Waals surface area contributed by atoms with Crippen LogP contribution >= 0.6 is 11.8 Å². The lowest BCUT2D eigenvalue weighted by Crippen LogP contribution is -2.13. The number of thioether (sulfide) groups is 1. The Morgan fingerprint density at radius 2 is 1.89 bits per heavy atom. The molecule has 0 saturated carbocycles. The summed E-state index contributed by atoms with van der Waals surface area (Å²) in [6.07, 6.45) is 2.59. The molecule has 2 aromatic rings. The standard InChI is InChI=1S/C11H13N3OS.C2H6/c1-16-11-14-13-10(15-11)9(12)7-8-5-3-2-4-6-8;1-2/h2-6,9H,7,12H2,1H3;1-2H3. The largest absolute Gasteiger partial charge is 0.414 e. The van der Waals surface area contributed by atoms with Gasteiger partial charge in [-0.15, -0.1) is 10.2 Å². The molecule has 1 aromatic carbocycles. The van der Waals surface area contributed by atoms with Gasteiger partial charge < -0.3 is 10.2 Å². The van der Waals surface area contributed by atoms with Crippen LogP contribution in [0.3, 0.4) is 0 Å². The third kappa shape index (κ3) is 4.16. The van der Waals surface area contributed by atoms with Crippen molar-refractivity contribution < 1.29 is 4.42 Å². The second-order valence-corrected chi connectivity index (χ2v) is 4.16. The second kappa shape index (κ2) is 7.89. The third-order valence-corrected chi connectivity index (χ3v) is 2.73. The molecule has 1 unspecified atom stereocenters. The van der Waals surface area contributed by atoms with Crippen molar-refractivity contribution in [3.63, 3.8) is 0 Å². The summed E-state index contributed by atoms with van der Waals surface area (Å²) in [6, 6.07) is 9.79. The summed E-state index contributed by atoms with van der Waals surface area (Å²) in [6.45, 7) is 4.00. The molecule has 1 heterocycles. The molecule has 0 aliphatic carbocycles. The highest BCUT2D eigenvalue weighted by Gasteiger charge is 2.14. The molecule has 1 atom stereocenters. The summed E-state index contributed by atoms with van der Waals surface area (Å²) in [5, 5.41) is 8.34. The molecule has 2 rings (SSSR count). The van der Waals surface area contributed by atoms with Crippen LogP contribution in [0.2, 0.25) is 0 Å². The van der Waals surface area contributed by atoms with Crippen LogP contribution in [0.5, 0.6) is 0 Å². The highest BCUT2D eigenvalue weighted by molar-refractivity contribution is 7.98. The molecule has 0 amide bonds. The van der Waals surface area contributed by atoms with E-state index in [1.807, 2.05) is 50.4 Å². The molecule has 98 valence electrons. The van der Waals surface area contributed by atoms with E-state index < -0.39 is 0 Å². The van der Waals surface area contributed by atoms with Gasteiger partial charge in [-0.2, -0.15) is 0 Å². The van der Waals surface area contributed by atoms with Gasteiger partial charge in [0.2, 0.25) is 5.89 Å².